The van der Waals surface area contributed by atoms with E-state index in [9.17, 15) is 9.59 Å². The summed E-state index contributed by atoms with van der Waals surface area (Å²) in [6.45, 7) is 1.13. The highest BCUT2D eigenvalue weighted by molar-refractivity contribution is 5.77. The quantitative estimate of drug-likeness (QED) is 0.789. The lowest BCUT2D eigenvalue weighted by Gasteiger charge is -2.35. The fourth-order valence-electron chi connectivity index (χ4n) is 3.32. The molecule has 2 aromatic rings. The van der Waals surface area contributed by atoms with Gasteiger partial charge in [-0.15, -0.1) is 0 Å². The number of likely N-dealkylation sites (N-methyl/N-ethyl adjacent to an activating group) is 1. The highest BCUT2D eigenvalue weighted by Crippen LogP contribution is 2.28. The first-order valence-electron chi connectivity index (χ1n) is 8.92. The average Bonchev–Trinajstić information content (AvgIpc) is 2.71. The van der Waals surface area contributed by atoms with Gasteiger partial charge in [-0.3, -0.25) is 14.5 Å². The highest BCUT2D eigenvalue weighted by Gasteiger charge is 2.32. The number of fused-ring (bicyclic) bond motifs is 1. The van der Waals surface area contributed by atoms with Crippen molar-refractivity contribution in [3.8, 4) is 5.75 Å². The Morgan fingerprint density at radius 2 is 1.81 bits per heavy atom. The summed E-state index contributed by atoms with van der Waals surface area (Å²) in [4.78, 5) is 26.0. The molecule has 0 aromatic heterocycles. The smallest absolute Gasteiger partial charge is 0.323 e. The Morgan fingerprint density at radius 1 is 1.11 bits per heavy atom. The van der Waals surface area contributed by atoms with Crippen molar-refractivity contribution in [3.63, 3.8) is 0 Å². The summed E-state index contributed by atoms with van der Waals surface area (Å²) in [6, 6.07) is 15.4. The van der Waals surface area contributed by atoms with Gasteiger partial charge in [0.2, 0.25) is 0 Å². The van der Waals surface area contributed by atoms with Gasteiger partial charge in [-0.25, -0.2) is 0 Å². The maximum atomic E-state index is 12.4. The molecule has 142 valence electrons. The largest absolute Gasteiger partial charge is 0.483 e. The van der Waals surface area contributed by atoms with Gasteiger partial charge in [-0.05, 0) is 23.6 Å². The summed E-state index contributed by atoms with van der Waals surface area (Å²) < 4.78 is 10.7. The summed E-state index contributed by atoms with van der Waals surface area (Å²) in [7, 11) is 2.99. The summed E-state index contributed by atoms with van der Waals surface area (Å²) in [5.41, 5.74) is 3.31. The number of para-hydroxylation sites is 1. The van der Waals surface area contributed by atoms with Crippen LogP contribution in [0.25, 0.3) is 0 Å². The molecule has 1 amide bonds. The van der Waals surface area contributed by atoms with Crippen molar-refractivity contribution in [1.29, 1.82) is 0 Å². The molecule has 1 aliphatic rings. The summed E-state index contributed by atoms with van der Waals surface area (Å²) in [5, 5.41) is 2.54. The number of carbonyl (C=O) groups excluding carboxylic acids is 2. The third-order valence-electron chi connectivity index (χ3n) is 4.80. The second-order valence-corrected chi connectivity index (χ2v) is 6.49. The molecule has 1 N–H and O–H groups in total. The number of benzene rings is 2. The van der Waals surface area contributed by atoms with Crippen LogP contribution in [-0.4, -0.2) is 43.6 Å². The van der Waals surface area contributed by atoms with E-state index < -0.39 is 0 Å². The van der Waals surface area contributed by atoms with E-state index >= 15 is 0 Å². The van der Waals surface area contributed by atoms with Crippen LogP contribution in [-0.2, 0) is 33.8 Å². The van der Waals surface area contributed by atoms with Crippen molar-refractivity contribution in [2.45, 2.75) is 25.6 Å². The Labute approximate surface area is 159 Å². The number of methoxy groups -OCH3 is 1. The first kappa shape index (κ1) is 18.9. The first-order valence-corrected chi connectivity index (χ1v) is 8.92. The van der Waals surface area contributed by atoms with Crippen LogP contribution < -0.4 is 10.1 Å². The molecule has 0 saturated carbocycles. The molecule has 0 bridgehead atoms. The van der Waals surface area contributed by atoms with Gasteiger partial charge in [0.15, 0.2) is 6.61 Å². The predicted molar refractivity (Wildman–Crippen MR) is 101 cm³/mol. The van der Waals surface area contributed by atoms with E-state index in [-0.39, 0.29) is 24.5 Å². The second kappa shape index (κ2) is 8.68. The molecule has 27 heavy (non-hydrogen) atoms. The molecule has 0 spiro atoms. The number of amides is 1. The van der Waals surface area contributed by atoms with Crippen LogP contribution in [0.3, 0.4) is 0 Å². The molecule has 0 aliphatic carbocycles. The number of esters is 1. The third kappa shape index (κ3) is 4.46. The Balaban J connectivity index is 1.82. The van der Waals surface area contributed by atoms with Gasteiger partial charge >= 0.3 is 5.97 Å². The average molecular weight is 368 g/mol. The molecule has 6 nitrogen and oxygen atoms in total. The fourth-order valence-corrected chi connectivity index (χ4v) is 3.32. The minimum Gasteiger partial charge on any atom is -0.483 e. The number of ether oxygens (including phenoxy) is 2. The van der Waals surface area contributed by atoms with Gasteiger partial charge in [0.05, 0.1) is 7.11 Å². The molecule has 1 atom stereocenters. The lowest BCUT2D eigenvalue weighted by molar-refractivity contribution is -0.148. The molecule has 3 rings (SSSR count). The summed E-state index contributed by atoms with van der Waals surface area (Å²) in [6.07, 6.45) is 0.615. The zero-order valence-corrected chi connectivity index (χ0v) is 15.6. The Bertz CT molecular complexity index is 821. The van der Waals surface area contributed by atoms with E-state index in [0.717, 1.165) is 5.56 Å². The monoisotopic (exact) mass is 368 g/mol. The first-order chi connectivity index (χ1) is 13.1. The van der Waals surface area contributed by atoms with Gasteiger partial charge in [-0.2, -0.15) is 0 Å². The maximum absolute atomic E-state index is 12.4. The molecular formula is C21H24N2O4. The normalized spacial score (nSPS) is 16.3. The minimum absolute atomic E-state index is 0.0449. The van der Waals surface area contributed by atoms with Crippen molar-refractivity contribution >= 4 is 11.9 Å². The Hall–Kier alpha value is -2.86. The van der Waals surface area contributed by atoms with Crippen molar-refractivity contribution in [3.05, 3.63) is 65.2 Å². The van der Waals surface area contributed by atoms with Crippen LogP contribution in [0.4, 0.5) is 0 Å². The molecule has 2 aromatic carbocycles. The maximum Gasteiger partial charge on any atom is 0.323 e. The lowest BCUT2D eigenvalue weighted by Crippen LogP contribution is -2.45. The van der Waals surface area contributed by atoms with Crippen LogP contribution >= 0.6 is 0 Å². The molecular weight excluding hydrogens is 344 g/mol. The van der Waals surface area contributed by atoms with Gasteiger partial charge in [0.25, 0.3) is 5.91 Å². The standard InChI is InChI=1S/C21H24N2O4/c1-22-20(24)14-27-19-10-6-5-9-17(19)13-23-12-16-8-4-3-7-15(16)11-18(23)21(25)26-2/h3-10,18H,11-14H2,1-2H3,(H,22,24)/t18-/m0/s1. The highest BCUT2D eigenvalue weighted by atomic mass is 16.5. The SMILES string of the molecule is CNC(=O)COc1ccccc1CN1Cc2ccccc2C[C@H]1C(=O)OC. The molecule has 1 aliphatic heterocycles. The van der Waals surface area contributed by atoms with Crippen molar-refractivity contribution in [1.82, 2.24) is 10.2 Å². The van der Waals surface area contributed by atoms with Crippen molar-refractivity contribution < 1.29 is 19.1 Å². The van der Waals surface area contributed by atoms with E-state index in [4.69, 9.17) is 9.47 Å². The van der Waals surface area contributed by atoms with Gasteiger partial charge in [0.1, 0.15) is 11.8 Å². The summed E-state index contributed by atoms with van der Waals surface area (Å²) in [5.74, 6) is 0.209. The van der Waals surface area contributed by atoms with E-state index in [0.29, 0.717) is 25.3 Å². The van der Waals surface area contributed by atoms with Gasteiger partial charge in [0, 0.05) is 25.7 Å². The van der Waals surface area contributed by atoms with E-state index in [1.165, 1.54) is 18.2 Å². The molecule has 0 radical (unpaired) electrons. The number of hydrogen-bond acceptors (Lipinski definition) is 5. The van der Waals surface area contributed by atoms with E-state index in [1.54, 1.807) is 7.05 Å². The van der Waals surface area contributed by atoms with Crippen LogP contribution in [0.2, 0.25) is 0 Å². The number of hydrogen-bond donors (Lipinski definition) is 1. The zero-order valence-electron chi connectivity index (χ0n) is 15.6. The van der Waals surface area contributed by atoms with Gasteiger partial charge in [-0.1, -0.05) is 42.5 Å². The molecule has 1 heterocycles. The number of nitrogens with zero attached hydrogens (tertiary/aromatic N) is 1. The number of carbonyl (C=O) groups is 2. The molecule has 0 saturated heterocycles. The van der Waals surface area contributed by atoms with Crippen LogP contribution in [0.5, 0.6) is 5.75 Å². The molecule has 6 heteroatoms. The molecule has 0 fully saturated rings. The minimum atomic E-state index is -0.350. The Morgan fingerprint density at radius 3 is 2.56 bits per heavy atom. The predicted octanol–water partition coefficient (Wildman–Crippen LogP) is 1.91. The van der Waals surface area contributed by atoms with E-state index in [1.807, 2.05) is 36.4 Å². The topological polar surface area (TPSA) is 67.9 Å². The van der Waals surface area contributed by atoms with Gasteiger partial charge < -0.3 is 14.8 Å². The Kier molecular flexibility index (Phi) is 6.08. The van der Waals surface area contributed by atoms with Crippen molar-refractivity contribution in [2.75, 3.05) is 20.8 Å². The number of rotatable bonds is 6. The fraction of sp³-hybridized carbons (Fsp3) is 0.333. The third-order valence-corrected chi connectivity index (χ3v) is 4.80. The van der Waals surface area contributed by atoms with Crippen LogP contribution in [0.15, 0.2) is 48.5 Å². The number of nitrogens with one attached hydrogen (secondary N) is 1. The van der Waals surface area contributed by atoms with Crippen LogP contribution in [0.1, 0.15) is 16.7 Å². The summed E-state index contributed by atoms with van der Waals surface area (Å²) >= 11 is 0. The van der Waals surface area contributed by atoms with E-state index in [2.05, 4.69) is 22.3 Å². The van der Waals surface area contributed by atoms with Crippen LogP contribution in [0, 0.1) is 0 Å². The second-order valence-electron chi connectivity index (χ2n) is 6.49. The molecule has 0 unspecified atom stereocenters. The van der Waals surface area contributed by atoms with Crippen molar-refractivity contribution in [2.24, 2.45) is 0 Å². The lowest BCUT2D eigenvalue weighted by atomic mass is 9.93. The zero-order chi connectivity index (χ0) is 19.2.